The van der Waals surface area contributed by atoms with Crippen LogP contribution in [-0.2, 0) is 29.2 Å². The summed E-state index contributed by atoms with van der Waals surface area (Å²) < 4.78 is 23.3. The molecule has 3 aromatic rings. The molecule has 7 nitrogen and oxygen atoms in total. The molecule has 0 aromatic heterocycles. The lowest BCUT2D eigenvalue weighted by atomic mass is 10.2. The smallest absolute Gasteiger partial charge is 0.162 e. The van der Waals surface area contributed by atoms with Gasteiger partial charge in [0, 0.05) is 19.6 Å². The molecule has 0 radical (unpaired) electrons. The predicted molar refractivity (Wildman–Crippen MR) is 141 cm³/mol. The molecular weight excluding hydrogens is 456 g/mol. The van der Waals surface area contributed by atoms with Gasteiger partial charge in [-0.1, -0.05) is 66.7 Å². The van der Waals surface area contributed by atoms with Gasteiger partial charge in [-0.2, -0.15) is 0 Å². The summed E-state index contributed by atoms with van der Waals surface area (Å²) >= 11 is 0. The van der Waals surface area contributed by atoms with Gasteiger partial charge < -0.3 is 29.4 Å². The molecule has 0 saturated heterocycles. The third-order valence-corrected chi connectivity index (χ3v) is 5.29. The van der Waals surface area contributed by atoms with Gasteiger partial charge in [-0.05, 0) is 35.7 Å². The molecule has 0 saturated carbocycles. The van der Waals surface area contributed by atoms with E-state index in [2.05, 4.69) is 16.7 Å². The van der Waals surface area contributed by atoms with Gasteiger partial charge in [-0.3, -0.25) is 5.32 Å². The first-order valence-electron chi connectivity index (χ1n) is 12.4. The monoisotopic (exact) mass is 494 g/mol. The second-order valence-corrected chi connectivity index (χ2v) is 8.36. The summed E-state index contributed by atoms with van der Waals surface area (Å²) in [5, 5.41) is 15.4. The Hall–Kier alpha value is -2.94. The van der Waals surface area contributed by atoms with Gasteiger partial charge in [0.2, 0.25) is 0 Å². The van der Waals surface area contributed by atoms with Crippen LogP contribution < -0.4 is 20.1 Å². The van der Waals surface area contributed by atoms with E-state index in [0.29, 0.717) is 52.7 Å². The van der Waals surface area contributed by atoms with Gasteiger partial charge in [-0.25, -0.2) is 0 Å². The Labute approximate surface area is 214 Å². The van der Waals surface area contributed by atoms with Crippen molar-refractivity contribution in [1.82, 2.24) is 10.6 Å². The van der Waals surface area contributed by atoms with Crippen molar-refractivity contribution in [3.05, 3.63) is 95.6 Å². The van der Waals surface area contributed by atoms with Gasteiger partial charge in [0.1, 0.15) is 19.4 Å². The molecule has 7 heteroatoms. The molecular formula is C29H38N2O5. The lowest BCUT2D eigenvalue weighted by Crippen LogP contribution is -2.29. The first-order valence-corrected chi connectivity index (χ1v) is 12.4. The van der Waals surface area contributed by atoms with Crippen molar-refractivity contribution in [2.75, 3.05) is 39.5 Å². The van der Waals surface area contributed by atoms with Gasteiger partial charge in [0.25, 0.3) is 0 Å². The molecule has 1 unspecified atom stereocenters. The minimum Gasteiger partial charge on any atom is -0.485 e. The van der Waals surface area contributed by atoms with E-state index in [1.165, 1.54) is 0 Å². The quantitative estimate of drug-likeness (QED) is 0.183. The van der Waals surface area contributed by atoms with Crippen molar-refractivity contribution in [3.8, 4) is 11.5 Å². The Morgan fingerprint density at radius 3 is 1.86 bits per heavy atom. The van der Waals surface area contributed by atoms with Crippen molar-refractivity contribution in [2.24, 2.45) is 0 Å². The highest BCUT2D eigenvalue weighted by Gasteiger charge is 2.08. The molecule has 3 rings (SSSR count). The second-order valence-electron chi connectivity index (χ2n) is 8.36. The van der Waals surface area contributed by atoms with Crippen LogP contribution in [0.5, 0.6) is 11.5 Å². The van der Waals surface area contributed by atoms with E-state index >= 15 is 0 Å². The van der Waals surface area contributed by atoms with Crippen molar-refractivity contribution in [1.29, 1.82) is 0 Å². The lowest BCUT2D eigenvalue weighted by molar-refractivity contribution is 0.0449. The standard InChI is InChI=1S/C29H38N2O5/c1-24(32)31-15-17-34-19-18-33-16-14-30-21-27-12-13-28(35-22-25-8-4-2-5-9-25)29(20-27)36-23-26-10-6-3-7-11-26/h2-13,20,24,30-32H,14-19,21-23H2,1H3. The third-order valence-electron chi connectivity index (χ3n) is 5.29. The summed E-state index contributed by atoms with van der Waals surface area (Å²) in [7, 11) is 0. The molecule has 1 atom stereocenters. The minimum atomic E-state index is -0.513. The van der Waals surface area contributed by atoms with Crippen LogP contribution in [0.4, 0.5) is 0 Å². The van der Waals surface area contributed by atoms with Gasteiger partial charge >= 0.3 is 0 Å². The van der Waals surface area contributed by atoms with E-state index < -0.39 is 6.23 Å². The average molecular weight is 495 g/mol. The predicted octanol–water partition coefficient (Wildman–Crippen LogP) is 3.90. The first-order chi connectivity index (χ1) is 17.7. The molecule has 0 aliphatic rings. The van der Waals surface area contributed by atoms with Crippen molar-refractivity contribution >= 4 is 0 Å². The molecule has 0 heterocycles. The van der Waals surface area contributed by atoms with Crippen molar-refractivity contribution in [2.45, 2.75) is 32.9 Å². The summed E-state index contributed by atoms with van der Waals surface area (Å²) in [6.45, 7) is 6.92. The highest BCUT2D eigenvalue weighted by molar-refractivity contribution is 5.43. The normalized spacial score (nSPS) is 11.8. The van der Waals surface area contributed by atoms with Crippen LogP contribution in [0.2, 0.25) is 0 Å². The lowest BCUT2D eigenvalue weighted by Gasteiger charge is -2.15. The molecule has 194 valence electrons. The molecule has 0 spiro atoms. The SMILES string of the molecule is CC(O)NCCOCCOCCNCc1ccc(OCc2ccccc2)c(OCc2ccccc2)c1. The van der Waals surface area contributed by atoms with E-state index in [1.54, 1.807) is 6.92 Å². The second kappa shape index (κ2) is 16.7. The fourth-order valence-corrected chi connectivity index (χ4v) is 3.40. The maximum Gasteiger partial charge on any atom is 0.162 e. The molecule has 0 aliphatic heterocycles. The highest BCUT2D eigenvalue weighted by atomic mass is 16.5. The van der Waals surface area contributed by atoms with Crippen LogP contribution in [0.25, 0.3) is 0 Å². The third kappa shape index (κ3) is 11.2. The number of aliphatic hydroxyl groups excluding tert-OH is 1. The van der Waals surface area contributed by atoms with E-state index in [1.807, 2.05) is 72.8 Å². The van der Waals surface area contributed by atoms with Crippen molar-refractivity contribution < 1.29 is 24.1 Å². The molecule has 36 heavy (non-hydrogen) atoms. The van der Waals surface area contributed by atoms with Gasteiger partial charge in [0.05, 0.1) is 26.4 Å². The maximum absolute atomic E-state index is 9.12. The molecule has 3 N–H and O–H groups in total. The minimum absolute atomic E-state index is 0.477. The molecule has 0 fully saturated rings. The summed E-state index contributed by atoms with van der Waals surface area (Å²) in [5.41, 5.74) is 3.33. The summed E-state index contributed by atoms with van der Waals surface area (Å²) in [4.78, 5) is 0. The summed E-state index contributed by atoms with van der Waals surface area (Å²) in [5.74, 6) is 1.46. The van der Waals surface area contributed by atoms with E-state index in [9.17, 15) is 0 Å². The first kappa shape index (κ1) is 27.6. The average Bonchev–Trinajstić information content (AvgIpc) is 2.91. The summed E-state index contributed by atoms with van der Waals surface area (Å²) in [6.07, 6.45) is -0.513. The Balaban J connectivity index is 1.42. The zero-order valence-electron chi connectivity index (χ0n) is 21.0. The van der Waals surface area contributed by atoms with Gasteiger partial charge in [0.15, 0.2) is 11.5 Å². The van der Waals surface area contributed by atoms with Crippen molar-refractivity contribution in [3.63, 3.8) is 0 Å². The Bertz CT molecular complexity index is 970. The van der Waals surface area contributed by atoms with Crippen LogP contribution in [0, 0.1) is 0 Å². The number of rotatable bonds is 18. The van der Waals surface area contributed by atoms with Crippen LogP contribution in [-0.4, -0.2) is 50.9 Å². The Morgan fingerprint density at radius 1 is 0.667 bits per heavy atom. The van der Waals surface area contributed by atoms with Crippen LogP contribution >= 0.6 is 0 Å². The Morgan fingerprint density at radius 2 is 1.25 bits per heavy atom. The molecule has 0 bridgehead atoms. The number of hydrogen-bond donors (Lipinski definition) is 3. The molecule has 0 aliphatic carbocycles. The largest absolute Gasteiger partial charge is 0.485 e. The molecule has 3 aromatic carbocycles. The number of hydrogen-bond acceptors (Lipinski definition) is 7. The van der Waals surface area contributed by atoms with Crippen LogP contribution in [0.3, 0.4) is 0 Å². The molecule has 0 amide bonds. The number of benzene rings is 3. The van der Waals surface area contributed by atoms with Gasteiger partial charge in [-0.15, -0.1) is 0 Å². The van der Waals surface area contributed by atoms with E-state index in [0.717, 1.165) is 34.7 Å². The zero-order chi connectivity index (χ0) is 25.3. The zero-order valence-corrected chi connectivity index (χ0v) is 21.0. The number of nitrogens with one attached hydrogen (secondary N) is 2. The Kier molecular flexibility index (Phi) is 12.8. The highest BCUT2D eigenvalue weighted by Crippen LogP contribution is 2.30. The topological polar surface area (TPSA) is 81.2 Å². The van der Waals surface area contributed by atoms with E-state index in [-0.39, 0.29) is 0 Å². The fraction of sp³-hybridized carbons (Fsp3) is 0.379. The number of ether oxygens (including phenoxy) is 4. The van der Waals surface area contributed by atoms with E-state index in [4.69, 9.17) is 24.1 Å². The van der Waals surface area contributed by atoms with Crippen LogP contribution in [0.15, 0.2) is 78.9 Å². The fourth-order valence-electron chi connectivity index (χ4n) is 3.40. The summed E-state index contributed by atoms with van der Waals surface area (Å²) in [6, 6.07) is 26.3. The maximum atomic E-state index is 9.12. The van der Waals surface area contributed by atoms with Crippen LogP contribution in [0.1, 0.15) is 23.6 Å². The number of aliphatic hydroxyl groups is 1.